The number of halogens is 3. The highest BCUT2D eigenvalue weighted by atomic mass is 19.2. The highest BCUT2D eigenvalue weighted by Crippen LogP contribution is 2.18. The van der Waals surface area contributed by atoms with Crippen LogP contribution in [0.2, 0.25) is 0 Å². The van der Waals surface area contributed by atoms with Gasteiger partial charge in [0.2, 0.25) is 0 Å². The number of pyridine rings is 1. The Bertz CT molecular complexity index is 655. The van der Waals surface area contributed by atoms with E-state index in [9.17, 15) is 13.2 Å². The van der Waals surface area contributed by atoms with Crippen LogP contribution in [0, 0.1) is 17.5 Å². The Morgan fingerprint density at radius 1 is 0.909 bits per heavy atom. The Morgan fingerprint density at radius 3 is 2.36 bits per heavy atom. The van der Waals surface area contributed by atoms with E-state index in [2.05, 4.69) is 14.8 Å². The Balaban J connectivity index is 1.58. The van der Waals surface area contributed by atoms with E-state index in [1.807, 2.05) is 0 Å². The van der Waals surface area contributed by atoms with Gasteiger partial charge in [-0.25, -0.2) is 13.2 Å². The van der Waals surface area contributed by atoms with Gasteiger partial charge in [0.05, 0.1) is 18.1 Å². The molecule has 1 fully saturated rings. The van der Waals surface area contributed by atoms with Crippen molar-refractivity contribution in [2.45, 2.75) is 6.54 Å². The monoisotopic (exact) mass is 307 g/mol. The fraction of sp³-hybridized carbons (Fsp3) is 0.312. The SMILES string of the molecule is Fc1cncc(N2CCN(Cc3ccc(F)c(F)c3)CC2)c1. The first kappa shape index (κ1) is 14.8. The van der Waals surface area contributed by atoms with Crippen molar-refractivity contribution in [2.75, 3.05) is 31.1 Å². The van der Waals surface area contributed by atoms with Crippen molar-refractivity contribution in [1.82, 2.24) is 9.88 Å². The lowest BCUT2D eigenvalue weighted by Gasteiger charge is -2.35. The van der Waals surface area contributed by atoms with Gasteiger partial charge in [-0.15, -0.1) is 0 Å². The molecule has 1 aromatic heterocycles. The summed E-state index contributed by atoms with van der Waals surface area (Å²) in [6, 6.07) is 5.46. The third kappa shape index (κ3) is 3.39. The van der Waals surface area contributed by atoms with Crippen LogP contribution < -0.4 is 4.90 Å². The molecule has 22 heavy (non-hydrogen) atoms. The molecular formula is C16H16F3N3. The summed E-state index contributed by atoms with van der Waals surface area (Å²) in [6.07, 6.45) is 2.83. The zero-order valence-electron chi connectivity index (χ0n) is 12.0. The van der Waals surface area contributed by atoms with Crippen LogP contribution >= 0.6 is 0 Å². The molecule has 1 saturated heterocycles. The molecule has 0 saturated carbocycles. The van der Waals surface area contributed by atoms with Crippen LogP contribution in [-0.4, -0.2) is 36.1 Å². The highest BCUT2D eigenvalue weighted by Gasteiger charge is 2.18. The van der Waals surface area contributed by atoms with E-state index in [-0.39, 0.29) is 5.82 Å². The molecule has 2 aromatic rings. The van der Waals surface area contributed by atoms with Crippen molar-refractivity contribution < 1.29 is 13.2 Å². The lowest BCUT2D eigenvalue weighted by atomic mass is 10.2. The molecule has 116 valence electrons. The van der Waals surface area contributed by atoms with Crippen molar-refractivity contribution in [3.63, 3.8) is 0 Å². The summed E-state index contributed by atoms with van der Waals surface area (Å²) < 4.78 is 39.3. The van der Waals surface area contributed by atoms with E-state index in [0.29, 0.717) is 6.54 Å². The number of benzene rings is 1. The summed E-state index contributed by atoms with van der Waals surface area (Å²) in [6.45, 7) is 3.61. The molecule has 0 unspecified atom stereocenters. The molecule has 3 rings (SSSR count). The number of nitrogens with zero attached hydrogens (tertiary/aromatic N) is 3. The average Bonchev–Trinajstić information content (AvgIpc) is 2.52. The van der Waals surface area contributed by atoms with Gasteiger partial charge in [-0.3, -0.25) is 9.88 Å². The van der Waals surface area contributed by atoms with Crippen LogP contribution in [0.15, 0.2) is 36.7 Å². The van der Waals surface area contributed by atoms with E-state index in [1.54, 1.807) is 12.3 Å². The molecule has 3 nitrogen and oxygen atoms in total. The standard InChI is InChI=1S/C16H16F3N3/c17-13-8-14(10-20-9-13)22-5-3-21(4-6-22)11-12-1-2-15(18)16(19)7-12/h1-2,7-10H,3-6,11H2. The van der Waals surface area contributed by atoms with Crippen molar-refractivity contribution >= 4 is 5.69 Å². The first-order valence-electron chi connectivity index (χ1n) is 7.13. The second-order valence-corrected chi connectivity index (χ2v) is 5.37. The number of hydrogen-bond acceptors (Lipinski definition) is 3. The van der Waals surface area contributed by atoms with Gasteiger partial charge >= 0.3 is 0 Å². The number of anilines is 1. The summed E-state index contributed by atoms with van der Waals surface area (Å²) in [5.74, 6) is -1.99. The van der Waals surface area contributed by atoms with E-state index in [1.165, 1.54) is 18.3 Å². The molecular weight excluding hydrogens is 291 g/mol. The number of piperazine rings is 1. The van der Waals surface area contributed by atoms with Crippen molar-refractivity contribution in [1.29, 1.82) is 0 Å². The van der Waals surface area contributed by atoms with Crippen LogP contribution in [0.5, 0.6) is 0 Å². The fourth-order valence-corrected chi connectivity index (χ4v) is 2.63. The first-order chi connectivity index (χ1) is 10.6. The van der Waals surface area contributed by atoms with Gasteiger partial charge in [0.1, 0.15) is 5.82 Å². The predicted octanol–water partition coefficient (Wildman–Crippen LogP) is 2.82. The molecule has 0 bridgehead atoms. The van der Waals surface area contributed by atoms with Crippen molar-refractivity contribution in [2.24, 2.45) is 0 Å². The smallest absolute Gasteiger partial charge is 0.159 e. The van der Waals surface area contributed by atoms with E-state index in [4.69, 9.17) is 0 Å². The minimum Gasteiger partial charge on any atom is -0.368 e. The zero-order valence-corrected chi connectivity index (χ0v) is 12.0. The minimum atomic E-state index is -0.827. The fourth-order valence-electron chi connectivity index (χ4n) is 2.63. The summed E-state index contributed by atoms with van der Waals surface area (Å²) in [7, 11) is 0. The van der Waals surface area contributed by atoms with Gasteiger partial charge in [-0.1, -0.05) is 6.07 Å². The van der Waals surface area contributed by atoms with Gasteiger partial charge in [0, 0.05) is 38.8 Å². The molecule has 6 heteroatoms. The Labute approximate surface area is 127 Å². The predicted molar refractivity (Wildman–Crippen MR) is 78.0 cm³/mol. The van der Waals surface area contributed by atoms with Gasteiger partial charge in [0.15, 0.2) is 11.6 Å². The van der Waals surface area contributed by atoms with Gasteiger partial charge in [0.25, 0.3) is 0 Å². The molecule has 0 amide bonds. The third-order valence-corrected chi connectivity index (χ3v) is 3.82. The van der Waals surface area contributed by atoms with Gasteiger partial charge < -0.3 is 4.90 Å². The maximum atomic E-state index is 13.2. The summed E-state index contributed by atoms with van der Waals surface area (Å²) in [4.78, 5) is 8.09. The van der Waals surface area contributed by atoms with Crippen molar-refractivity contribution in [3.8, 4) is 0 Å². The Kier molecular flexibility index (Phi) is 4.29. The maximum Gasteiger partial charge on any atom is 0.159 e. The lowest BCUT2D eigenvalue weighted by Crippen LogP contribution is -2.46. The van der Waals surface area contributed by atoms with Crippen LogP contribution in [0.25, 0.3) is 0 Å². The van der Waals surface area contributed by atoms with Gasteiger partial charge in [-0.05, 0) is 17.7 Å². The van der Waals surface area contributed by atoms with E-state index in [0.717, 1.165) is 43.5 Å². The molecule has 1 aromatic carbocycles. The molecule has 2 heterocycles. The molecule has 0 N–H and O–H groups in total. The number of aromatic nitrogens is 1. The normalized spacial score (nSPS) is 16.0. The molecule has 0 spiro atoms. The molecule has 0 radical (unpaired) electrons. The second-order valence-electron chi connectivity index (χ2n) is 5.37. The molecule has 1 aliphatic rings. The number of hydrogen-bond donors (Lipinski definition) is 0. The van der Waals surface area contributed by atoms with Crippen LogP contribution in [0.4, 0.5) is 18.9 Å². The molecule has 0 aliphatic carbocycles. The molecule has 1 aliphatic heterocycles. The topological polar surface area (TPSA) is 19.4 Å². The summed E-state index contributed by atoms with van der Waals surface area (Å²) >= 11 is 0. The third-order valence-electron chi connectivity index (χ3n) is 3.82. The van der Waals surface area contributed by atoms with Crippen LogP contribution in [0.3, 0.4) is 0 Å². The maximum absolute atomic E-state index is 13.2. The quantitative estimate of drug-likeness (QED) is 0.869. The van der Waals surface area contributed by atoms with Crippen LogP contribution in [0.1, 0.15) is 5.56 Å². The van der Waals surface area contributed by atoms with E-state index >= 15 is 0 Å². The molecule has 0 atom stereocenters. The summed E-state index contributed by atoms with van der Waals surface area (Å²) in [5, 5.41) is 0. The van der Waals surface area contributed by atoms with Crippen molar-refractivity contribution in [3.05, 3.63) is 59.7 Å². The highest BCUT2D eigenvalue weighted by molar-refractivity contribution is 5.44. The largest absolute Gasteiger partial charge is 0.368 e. The zero-order chi connectivity index (χ0) is 15.5. The second kappa shape index (κ2) is 6.36. The average molecular weight is 307 g/mol. The summed E-state index contributed by atoms with van der Waals surface area (Å²) in [5.41, 5.74) is 1.52. The Hall–Kier alpha value is -2.08. The minimum absolute atomic E-state index is 0.346. The van der Waals surface area contributed by atoms with Crippen LogP contribution in [-0.2, 0) is 6.54 Å². The Morgan fingerprint density at radius 2 is 1.68 bits per heavy atom. The number of rotatable bonds is 3. The van der Waals surface area contributed by atoms with Gasteiger partial charge in [-0.2, -0.15) is 0 Å². The first-order valence-corrected chi connectivity index (χ1v) is 7.13. The van der Waals surface area contributed by atoms with E-state index < -0.39 is 11.6 Å². The lowest BCUT2D eigenvalue weighted by molar-refractivity contribution is 0.249.